The number of carbonyl (C=O) groups excluding carboxylic acids is 2. The van der Waals surface area contributed by atoms with Gasteiger partial charge in [-0.25, -0.2) is 4.79 Å². The molecule has 2 N–H and O–H groups in total. The summed E-state index contributed by atoms with van der Waals surface area (Å²) in [4.78, 5) is 23.9. The number of benzene rings is 2. The summed E-state index contributed by atoms with van der Waals surface area (Å²) in [7, 11) is 0. The number of alkyl halides is 3. The maximum atomic E-state index is 12.1. The first-order valence-corrected chi connectivity index (χ1v) is 6.98. The number of urea groups is 1. The zero-order valence-corrected chi connectivity index (χ0v) is 12.8. The van der Waals surface area contributed by atoms with Gasteiger partial charge >= 0.3 is 12.4 Å². The van der Waals surface area contributed by atoms with E-state index in [4.69, 9.17) is 0 Å². The zero-order valence-electron chi connectivity index (χ0n) is 12.8. The summed E-state index contributed by atoms with van der Waals surface area (Å²) in [6.07, 6.45) is -3.32. The van der Waals surface area contributed by atoms with E-state index in [1.165, 1.54) is 24.3 Å². The first-order chi connectivity index (χ1) is 11.8. The fourth-order valence-electron chi connectivity index (χ4n) is 1.95. The molecule has 0 atom stereocenters. The van der Waals surface area contributed by atoms with Crippen LogP contribution in [0.15, 0.2) is 55.1 Å². The number of amides is 3. The number of hydrogen-bond donors (Lipinski definition) is 2. The molecule has 5 nitrogen and oxygen atoms in total. The van der Waals surface area contributed by atoms with Crippen molar-refractivity contribution in [1.82, 2.24) is 5.32 Å². The molecule has 3 amide bonds. The molecular weight excluding hydrogens is 337 g/mol. The van der Waals surface area contributed by atoms with E-state index < -0.39 is 24.1 Å². The average molecular weight is 350 g/mol. The maximum Gasteiger partial charge on any atom is 0.573 e. The SMILES string of the molecule is C=Cc1ccccc1C(=O)NC(=O)Nc1ccc(OC(F)(F)F)cc1. The Balaban J connectivity index is 1.98. The second-order valence-electron chi connectivity index (χ2n) is 4.77. The molecule has 25 heavy (non-hydrogen) atoms. The van der Waals surface area contributed by atoms with Gasteiger partial charge in [0.15, 0.2) is 0 Å². The van der Waals surface area contributed by atoms with Crippen molar-refractivity contribution in [3.63, 3.8) is 0 Å². The molecule has 0 spiro atoms. The van der Waals surface area contributed by atoms with Gasteiger partial charge in [-0.15, -0.1) is 13.2 Å². The highest BCUT2D eigenvalue weighted by atomic mass is 19.4. The molecule has 0 saturated heterocycles. The lowest BCUT2D eigenvalue weighted by Crippen LogP contribution is -2.34. The van der Waals surface area contributed by atoms with Crippen LogP contribution in [0.3, 0.4) is 0 Å². The van der Waals surface area contributed by atoms with E-state index in [2.05, 4.69) is 21.9 Å². The normalized spacial score (nSPS) is 10.7. The van der Waals surface area contributed by atoms with E-state index >= 15 is 0 Å². The molecule has 2 aromatic carbocycles. The monoisotopic (exact) mass is 350 g/mol. The van der Waals surface area contributed by atoms with E-state index in [1.807, 2.05) is 0 Å². The van der Waals surface area contributed by atoms with Crippen molar-refractivity contribution >= 4 is 23.7 Å². The molecule has 0 aromatic heterocycles. The van der Waals surface area contributed by atoms with Gasteiger partial charge in [-0.2, -0.15) is 0 Å². The molecule has 2 aromatic rings. The van der Waals surface area contributed by atoms with Gasteiger partial charge in [-0.3, -0.25) is 10.1 Å². The van der Waals surface area contributed by atoms with Crippen LogP contribution in [0, 0.1) is 0 Å². The van der Waals surface area contributed by atoms with Gasteiger partial charge in [0.05, 0.1) is 0 Å². The smallest absolute Gasteiger partial charge is 0.406 e. The lowest BCUT2D eigenvalue weighted by Gasteiger charge is -2.10. The number of ether oxygens (including phenoxy) is 1. The van der Waals surface area contributed by atoms with Crippen molar-refractivity contribution in [2.24, 2.45) is 0 Å². The Hall–Kier alpha value is -3.29. The average Bonchev–Trinajstić information content (AvgIpc) is 2.55. The van der Waals surface area contributed by atoms with E-state index in [9.17, 15) is 22.8 Å². The number of nitrogens with one attached hydrogen (secondary N) is 2. The molecule has 0 bridgehead atoms. The number of carbonyl (C=O) groups is 2. The fourth-order valence-corrected chi connectivity index (χ4v) is 1.95. The van der Waals surface area contributed by atoms with E-state index in [0.717, 1.165) is 12.1 Å². The van der Waals surface area contributed by atoms with E-state index in [1.54, 1.807) is 18.2 Å². The predicted octanol–water partition coefficient (Wildman–Crippen LogP) is 4.19. The molecule has 0 saturated carbocycles. The fraction of sp³-hybridized carbons (Fsp3) is 0.0588. The highest BCUT2D eigenvalue weighted by Crippen LogP contribution is 2.23. The molecule has 8 heteroatoms. The zero-order chi connectivity index (χ0) is 18.4. The first-order valence-electron chi connectivity index (χ1n) is 6.98. The minimum atomic E-state index is -4.79. The third kappa shape index (κ3) is 5.38. The molecular formula is C17H13F3N2O3. The number of rotatable bonds is 4. The Bertz CT molecular complexity index is 786. The van der Waals surface area contributed by atoms with Crippen LogP contribution in [0.2, 0.25) is 0 Å². The minimum absolute atomic E-state index is 0.192. The molecule has 0 radical (unpaired) electrons. The summed E-state index contributed by atoms with van der Waals surface area (Å²) in [6.45, 7) is 3.58. The summed E-state index contributed by atoms with van der Waals surface area (Å²) in [5.41, 5.74) is 1.01. The maximum absolute atomic E-state index is 12.1. The van der Waals surface area contributed by atoms with Gasteiger partial charge in [-0.1, -0.05) is 30.9 Å². The van der Waals surface area contributed by atoms with Crippen LogP contribution in [0.5, 0.6) is 5.75 Å². The van der Waals surface area contributed by atoms with Gasteiger partial charge in [0, 0.05) is 11.3 Å². The lowest BCUT2D eigenvalue weighted by atomic mass is 10.1. The second-order valence-corrected chi connectivity index (χ2v) is 4.77. The van der Waals surface area contributed by atoms with Gasteiger partial charge in [0.25, 0.3) is 5.91 Å². The largest absolute Gasteiger partial charge is 0.573 e. The van der Waals surface area contributed by atoms with Gasteiger partial charge < -0.3 is 10.1 Å². The molecule has 0 aliphatic rings. The number of anilines is 1. The Morgan fingerprint density at radius 1 is 1.04 bits per heavy atom. The number of halogens is 3. The third-order valence-electron chi connectivity index (χ3n) is 3.00. The molecule has 0 fully saturated rings. The van der Waals surface area contributed by atoms with Crippen LogP contribution in [0.25, 0.3) is 6.08 Å². The minimum Gasteiger partial charge on any atom is -0.406 e. The van der Waals surface area contributed by atoms with Crippen LogP contribution < -0.4 is 15.4 Å². The van der Waals surface area contributed by atoms with Crippen molar-refractivity contribution < 1.29 is 27.5 Å². The summed E-state index contributed by atoms with van der Waals surface area (Å²) in [5, 5.41) is 4.46. The predicted molar refractivity (Wildman–Crippen MR) is 86.1 cm³/mol. The molecule has 0 aliphatic carbocycles. The van der Waals surface area contributed by atoms with Crippen molar-refractivity contribution in [2.45, 2.75) is 6.36 Å². The molecule has 0 aliphatic heterocycles. The summed E-state index contributed by atoms with van der Waals surface area (Å²) < 4.78 is 39.9. The summed E-state index contributed by atoms with van der Waals surface area (Å²) >= 11 is 0. The number of imide groups is 1. The third-order valence-corrected chi connectivity index (χ3v) is 3.00. The van der Waals surface area contributed by atoms with Crippen molar-refractivity contribution in [1.29, 1.82) is 0 Å². The Morgan fingerprint density at radius 3 is 2.28 bits per heavy atom. The van der Waals surface area contributed by atoms with E-state index in [0.29, 0.717) is 5.56 Å². The van der Waals surface area contributed by atoms with Gasteiger partial charge in [0.2, 0.25) is 0 Å². The van der Waals surface area contributed by atoms with Crippen molar-refractivity contribution in [3.05, 3.63) is 66.2 Å². The summed E-state index contributed by atoms with van der Waals surface area (Å²) in [5.74, 6) is -1.06. The molecule has 130 valence electrons. The standard InChI is InChI=1S/C17H13F3N2O3/c1-2-11-5-3-4-6-14(11)15(23)22-16(24)21-12-7-9-13(10-8-12)25-17(18,19)20/h2-10H,1H2,(H2,21,22,23,24). The summed E-state index contributed by atoms with van der Waals surface area (Å²) in [6, 6.07) is 10.2. The quantitative estimate of drug-likeness (QED) is 0.869. The number of hydrogen-bond acceptors (Lipinski definition) is 3. The Kier molecular flexibility index (Phi) is 5.43. The topological polar surface area (TPSA) is 67.4 Å². The van der Waals surface area contributed by atoms with Gasteiger partial charge in [-0.05, 0) is 35.9 Å². The van der Waals surface area contributed by atoms with Gasteiger partial charge in [0.1, 0.15) is 5.75 Å². The van der Waals surface area contributed by atoms with E-state index in [-0.39, 0.29) is 11.3 Å². The Morgan fingerprint density at radius 2 is 1.68 bits per heavy atom. The first kappa shape index (κ1) is 18.1. The highest BCUT2D eigenvalue weighted by molar-refractivity contribution is 6.09. The van der Waals surface area contributed by atoms with Crippen LogP contribution in [-0.4, -0.2) is 18.3 Å². The van der Waals surface area contributed by atoms with Crippen LogP contribution >= 0.6 is 0 Å². The molecule has 0 heterocycles. The van der Waals surface area contributed by atoms with Crippen molar-refractivity contribution in [3.8, 4) is 5.75 Å². The lowest BCUT2D eigenvalue weighted by molar-refractivity contribution is -0.274. The molecule has 2 rings (SSSR count). The second kappa shape index (κ2) is 7.52. The highest BCUT2D eigenvalue weighted by Gasteiger charge is 2.30. The van der Waals surface area contributed by atoms with Crippen LogP contribution in [-0.2, 0) is 0 Å². The molecule has 0 unspecified atom stereocenters. The van der Waals surface area contributed by atoms with Crippen molar-refractivity contribution in [2.75, 3.05) is 5.32 Å². The van der Waals surface area contributed by atoms with Crippen LogP contribution in [0.4, 0.5) is 23.7 Å². The Labute approximate surface area is 141 Å². The van der Waals surface area contributed by atoms with Crippen LogP contribution in [0.1, 0.15) is 15.9 Å².